The molecule has 1 aromatic carbocycles. The van der Waals surface area contributed by atoms with E-state index < -0.39 is 0 Å². The third-order valence-electron chi connectivity index (χ3n) is 5.31. The van der Waals surface area contributed by atoms with Crippen LogP contribution in [0.2, 0.25) is 0 Å². The van der Waals surface area contributed by atoms with E-state index in [1.807, 2.05) is 61.7 Å². The average Bonchev–Trinajstić information content (AvgIpc) is 3.32. The number of aryl methyl sites for hydroxylation is 4. The Kier molecular flexibility index (Phi) is 3.67. The fourth-order valence-electron chi connectivity index (χ4n) is 3.89. The van der Waals surface area contributed by atoms with E-state index in [1.54, 1.807) is 17.8 Å². The van der Waals surface area contributed by atoms with Crippen LogP contribution in [0.3, 0.4) is 0 Å². The van der Waals surface area contributed by atoms with Crippen molar-refractivity contribution in [2.45, 2.75) is 20.8 Å². The van der Waals surface area contributed by atoms with Crippen LogP contribution >= 0.6 is 0 Å². The van der Waals surface area contributed by atoms with Crippen LogP contribution in [0.1, 0.15) is 17.1 Å². The Balaban J connectivity index is 1.83. The monoisotopic (exact) mass is 384 g/mol. The molecule has 4 heterocycles. The molecule has 0 saturated carbocycles. The minimum Gasteiger partial charge on any atom is -0.296 e. The van der Waals surface area contributed by atoms with Gasteiger partial charge in [0.15, 0.2) is 0 Å². The molecule has 0 aliphatic carbocycles. The quantitative estimate of drug-likeness (QED) is 0.505. The van der Waals surface area contributed by atoms with E-state index in [-0.39, 0.29) is 5.56 Å². The second kappa shape index (κ2) is 6.13. The molecule has 29 heavy (non-hydrogen) atoms. The van der Waals surface area contributed by atoms with Crippen molar-refractivity contribution in [3.05, 3.63) is 70.0 Å². The first kappa shape index (κ1) is 17.4. The van der Waals surface area contributed by atoms with Gasteiger partial charge < -0.3 is 0 Å². The highest BCUT2D eigenvalue weighted by atomic mass is 16.1. The molecule has 7 heteroatoms. The summed E-state index contributed by atoms with van der Waals surface area (Å²) in [5, 5.41) is 12.6. The maximum absolute atomic E-state index is 13.0. The average molecular weight is 384 g/mol. The Morgan fingerprint density at radius 1 is 0.966 bits per heavy atom. The molecule has 0 bridgehead atoms. The topological polar surface area (TPSA) is 80.9 Å². The van der Waals surface area contributed by atoms with Gasteiger partial charge in [-0.15, -0.1) is 0 Å². The number of aromatic nitrogens is 6. The molecule has 0 aliphatic rings. The second-order valence-corrected chi connectivity index (χ2v) is 7.44. The van der Waals surface area contributed by atoms with Crippen LogP contribution < -0.4 is 5.56 Å². The minimum absolute atomic E-state index is 0.0449. The summed E-state index contributed by atoms with van der Waals surface area (Å²) in [5.74, 6) is 0. The number of hydrogen-bond donors (Lipinski definition) is 1. The van der Waals surface area contributed by atoms with Crippen molar-refractivity contribution >= 4 is 16.6 Å². The first-order valence-corrected chi connectivity index (χ1v) is 9.41. The predicted octanol–water partition coefficient (Wildman–Crippen LogP) is 3.56. The molecular formula is C22H20N6O. The first-order chi connectivity index (χ1) is 13.9. The fourth-order valence-corrected chi connectivity index (χ4v) is 3.89. The molecule has 0 unspecified atom stereocenters. The van der Waals surface area contributed by atoms with Gasteiger partial charge in [0.1, 0.15) is 5.65 Å². The van der Waals surface area contributed by atoms with Crippen molar-refractivity contribution in [1.82, 2.24) is 29.4 Å². The lowest BCUT2D eigenvalue weighted by Gasteiger charge is -2.08. The summed E-state index contributed by atoms with van der Waals surface area (Å²) in [5.41, 5.74) is 8.12. The highest BCUT2D eigenvalue weighted by Crippen LogP contribution is 2.27. The zero-order valence-electron chi connectivity index (χ0n) is 16.7. The highest BCUT2D eigenvalue weighted by Gasteiger charge is 2.15. The lowest BCUT2D eigenvalue weighted by molar-refractivity contribution is 0.850. The molecular weight excluding hydrogens is 364 g/mol. The number of nitrogens with one attached hydrogen (secondary N) is 1. The summed E-state index contributed by atoms with van der Waals surface area (Å²) in [7, 11) is 1.78. The van der Waals surface area contributed by atoms with E-state index in [0.29, 0.717) is 5.39 Å². The van der Waals surface area contributed by atoms with Crippen molar-refractivity contribution in [2.75, 3.05) is 0 Å². The normalized spacial score (nSPS) is 11.6. The molecule has 4 aromatic heterocycles. The number of fused-ring (bicyclic) bond motifs is 3. The Morgan fingerprint density at radius 3 is 2.41 bits per heavy atom. The Morgan fingerprint density at radius 2 is 1.72 bits per heavy atom. The fraction of sp³-hybridized carbons (Fsp3) is 0.182. The van der Waals surface area contributed by atoms with Gasteiger partial charge in [0.25, 0.3) is 5.56 Å². The number of rotatable bonds is 2. The zero-order valence-corrected chi connectivity index (χ0v) is 16.7. The van der Waals surface area contributed by atoms with Gasteiger partial charge in [-0.1, -0.05) is 6.07 Å². The van der Waals surface area contributed by atoms with Gasteiger partial charge in [0.05, 0.1) is 22.8 Å². The van der Waals surface area contributed by atoms with Crippen LogP contribution in [-0.2, 0) is 7.05 Å². The van der Waals surface area contributed by atoms with Gasteiger partial charge in [0, 0.05) is 41.3 Å². The van der Waals surface area contributed by atoms with E-state index in [9.17, 15) is 4.79 Å². The van der Waals surface area contributed by atoms with Gasteiger partial charge in [-0.25, -0.2) is 4.52 Å². The molecule has 1 N–H and O–H groups in total. The summed E-state index contributed by atoms with van der Waals surface area (Å²) in [4.78, 5) is 17.4. The molecule has 0 spiro atoms. The van der Waals surface area contributed by atoms with Crippen molar-refractivity contribution in [3.8, 4) is 22.4 Å². The maximum atomic E-state index is 13.0. The molecule has 144 valence electrons. The number of aromatic amines is 1. The molecule has 0 saturated heterocycles. The second-order valence-electron chi connectivity index (χ2n) is 7.44. The van der Waals surface area contributed by atoms with Crippen molar-refractivity contribution in [1.29, 1.82) is 0 Å². The summed E-state index contributed by atoms with van der Waals surface area (Å²) < 4.78 is 3.48. The van der Waals surface area contributed by atoms with E-state index in [2.05, 4.69) is 15.2 Å². The van der Waals surface area contributed by atoms with Crippen LogP contribution in [0.4, 0.5) is 0 Å². The smallest absolute Gasteiger partial charge is 0.261 e. The minimum atomic E-state index is -0.0449. The third kappa shape index (κ3) is 2.66. The number of nitrogens with zero attached hydrogens (tertiary/aromatic N) is 5. The molecule has 0 aliphatic heterocycles. The molecule has 0 fully saturated rings. The summed E-state index contributed by atoms with van der Waals surface area (Å²) in [6, 6.07) is 11.8. The summed E-state index contributed by atoms with van der Waals surface area (Å²) in [6.45, 7) is 5.92. The van der Waals surface area contributed by atoms with Gasteiger partial charge in [0.2, 0.25) is 0 Å². The lowest BCUT2D eigenvalue weighted by Crippen LogP contribution is -2.19. The molecule has 0 amide bonds. The van der Waals surface area contributed by atoms with E-state index in [0.717, 1.165) is 50.6 Å². The maximum Gasteiger partial charge on any atom is 0.261 e. The lowest BCUT2D eigenvalue weighted by atomic mass is 10.1. The SMILES string of the molecule is Cc1cc(-c2cc3n(C)c(=O)c4ccc(-c5cn[nH]c5C)cc4n3n2)cc(C)n1. The molecule has 5 aromatic rings. The molecule has 7 nitrogen and oxygen atoms in total. The van der Waals surface area contributed by atoms with Crippen LogP contribution in [0, 0.1) is 20.8 Å². The largest absolute Gasteiger partial charge is 0.296 e. The van der Waals surface area contributed by atoms with Crippen LogP contribution in [0.5, 0.6) is 0 Å². The van der Waals surface area contributed by atoms with E-state index >= 15 is 0 Å². The van der Waals surface area contributed by atoms with Crippen LogP contribution in [0.25, 0.3) is 38.9 Å². The van der Waals surface area contributed by atoms with E-state index in [4.69, 9.17) is 5.10 Å². The molecule has 5 rings (SSSR count). The Hall–Kier alpha value is -3.74. The zero-order chi connectivity index (χ0) is 20.3. The number of hydrogen-bond acceptors (Lipinski definition) is 4. The van der Waals surface area contributed by atoms with Crippen LogP contribution in [-0.4, -0.2) is 29.4 Å². The van der Waals surface area contributed by atoms with Gasteiger partial charge in [-0.3, -0.25) is 19.4 Å². The highest BCUT2D eigenvalue weighted by molar-refractivity contribution is 5.86. The third-order valence-corrected chi connectivity index (χ3v) is 5.31. The van der Waals surface area contributed by atoms with Crippen LogP contribution in [0.15, 0.2) is 47.4 Å². The number of pyridine rings is 1. The van der Waals surface area contributed by atoms with Crippen molar-refractivity contribution < 1.29 is 0 Å². The van der Waals surface area contributed by atoms with Gasteiger partial charge in [-0.2, -0.15) is 10.2 Å². The Labute approximate surface area is 166 Å². The predicted molar refractivity (Wildman–Crippen MR) is 113 cm³/mol. The first-order valence-electron chi connectivity index (χ1n) is 9.41. The van der Waals surface area contributed by atoms with Crippen molar-refractivity contribution in [2.24, 2.45) is 7.05 Å². The number of benzene rings is 1. The Bertz CT molecular complexity index is 1450. The summed E-state index contributed by atoms with van der Waals surface area (Å²) >= 11 is 0. The molecule has 0 atom stereocenters. The number of H-pyrrole nitrogens is 1. The van der Waals surface area contributed by atoms with Gasteiger partial charge in [-0.05, 0) is 50.6 Å². The standard InChI is InChI=1S/C22H20N6O/c1-12-7-16(8-13(2)24-12)19-10-21-27(4)22(29)17-6-5-15(9-20(17)28(21)26-19)18-11-23-25-14(18)3/h5-11H,1-4H3,(H,23,25). The summed E-state index contributed by atoms with van der Waals surface area (Å²) in [6.07, 6.45) is 1.80. The van der Waals surface area contributed by atoms with Crippen molar-refractivity contribution in [3.63, 3.8) is 0 Å². The van der Waals surface area contributed by atoms with E-state index in [1.165, 1.54) is 0 Å². The molecule has 0 radical (unpaired) electrons. The van der Waals surface area contributed by atoms with Gasteiger partial charge >= 0.3 is 0 Å².